The largest absolute Gasteiger partial charge is 0.481 e. The Kier molecular flexibility index (Phi) is 4.33. The summed E-state index contributed by atoms with van der Waals surface area (Å²) in [6.07, 6.45) is 2.85. The Bertz CT molecular complexity index is 253. The number of nitrogens with zero attached hydrogens (tertiary/aromatic N) is 1. The van der Waals surface area contributed by atoms with Crippen LogP contribution in [0.2, 0.25) is 0 Å². The molecule has 0 radical (unpaired) electrons. The van der Waals surface area contributed by atoms with Gasteiger partial charge in [0.15, 0.2) is 0 Å². The number of hydrogen-bond donors (Lipinski definition) is 2. The summed E-state index contributed by atoms with van der Waals surface area (Å²) >= 11 is 0. The van der Waals surface area contributed by atoms with E-state index in [1.165, 1.54) is 6.42 Å². The van der Waals surface area contributed by atoms with Crippen LogP contribution in [0.3, 0.4) is 0 Å². The minimum absolute atomic E-state index is 0.00569. The molecule has 1 rings (SSSR count). The molecule has 0 bridgehead atoms. The van der Waals surface area contributed by atoms with Gasteiger partial charge in [-0.25, -0.2) is 0 Å². The van der Waals surface area contributed by atoms with Crippen LogP contribution in [0.5, 0.6) is 0 Å². The zero-order valence-electron chi connectivity index (χ0n) is 10.6. The van der Waals surface area contributed by atoms with Crippen molar-refractivity contribution in [3.8, 4) is 0 Å². The first kappa shape index (κ1) is 13.5. The lowest BCUT2D eigenvalue weighted by Crippen LogP contribution is -2.45. The molecule has 16 heavy (non-hydrogen) atoms. The van der Waals surface area contributed by atoms with Crippen LogP contribution < -0.4 is 5.73 Å². The van der Waals surface area contributed by atoms with E-state index in [-0.39, 0.29) is 6.04 Å². The summed E-state index contributed by atoms with van der Waals surface area (Å²) in [5.74, 6) is -0.315. The Morgan fingerprint density at radius 1 is 1.62 bits per heavy atom. The number of likely N-dealkylation sites (tertiary alicyclic amines) is 1. The molecule has 0 amide bonds. The van der Waals surface area contributed by atoms with Crippen molar-refractivity contribution < 1.29 is 9.90 Å². The average molecular weight is 228 g/mol. The third-order valence-electron chi connectivity index (χ3n) is 3.59. The van der Waals surface area contributed by atoms with Gasteiger partial charge in [-0.2, -0.15) is 0 Å². The molecule has 0 aromatic heterocycles. The Labute approximate surface area is 97.8 Å². The van der Waals surface area contributed by atoms with Gasteiger partial charge in [-0.3, -0.25) is 4.79 Å². The van der Waals surface area contributed by atoms with Crippen molar-refractivity contribution in [1.29, 1.82) is 0 Å². The molecule has 0 saturated carbocycles. The predicted octanol–water partition coefficient (Wildman–Crippen LogP) is 1.16. The molecule has 0 aromatic carbocycles. The fourth-order valence-electron chi connectivity index (χ4n) is 2.40. The summed E-state index contributed by atoms with van der Waals surface area (Å²) in [5, 5.41) is 9.07. The third-order valence-corrected chi connectivity index (χ3v) is 3.59. The van der Waals surface area contributed by atoms with E-state index >= 15 is 0 Å². The Morgan fingerprint density at radius 2 is 2.25 bits per heavy atom. The average Bonchev–Trinajstić information content (AvgIpc) is 2.16. The predicted molar refractivity (Wildman–Crippen MR) is 64.2 cm³/mol. The van der Waals surface area contributed by atoms with Gasteiger partial charge in [0.2, 0.25) is 0 Å². The number of carboxylic acid groups (broad SMARTS) is 1. The van der Waals surface area contributed by atoms with Gasteiger partial charge in [-0.05, 0) is 52.6 Å². The molecule has 1 fully saturated rings. The molecule has 0 aromatic rings. The second-order valence-corrected chi connectivity index (χ2v) is 5.72. The highest BCUT2D eigenvalue weighted by Gasteiger charge is 2.33. The van der Waals surface area contributed by atoms with Crippen LogP contribution >= 0.6 is 0 Å². The molecular formula is C12H24N2O2. The fraction of sp³-hybridized carbons (Fsp3) is 0.917. The van der Waals surface area contributed by atoms with E-state index in [0.29, 0.717) is 12.3 Å². The standard InChI is InChI=1S/C12H24N2O2/c1-12(2,11(15)16)7-10(13)9-5-4-6-14(3)8-9/h9-10H,4-8,13H2,1-3H3,(H,15,16). The smallest absolute Gasteiger partial charge is 0.309 e. The fourth-order valence-corrected chi connectivity index (χ4v) is 2.40. The van der Waals surface area contributed by atoms with Crippen LogP contribution in [0.15, 0.2) is 0 Å². The summed E-state index contributed by atoms with van der Waals surface area (Å²) < 4.78 is 0. The number of piperidine rings is 1. The SMILES string of the molecule is CN1CCCC(C(N)CC(C)(C)C(=O)O)C1. The molecule has 2 atom stereocenters. The summed E-state index contributed by atoms with van der Waals surface area (Å²) in [6.45, 7) is 5.63. The molecule has 94 valence electrons. The van der Waals surface area contributed by atoms with E-state index in [0.717, 1.165) is 19.5 Å². The molecule has 0 aliphatic carbocycles. The third kappa shape index (κ3) is 3.46. The quantitative estimate of drug-likeness (QED) is 0.757. The minimum atomic E-state index is -0.757. The maximum Gasteiger partial charge on any atom is 0.309 e. The Morgan fingerprint density at radius 3 is 2.75 bits per heavy atom. The van der Waals surface area contributed by atoms with Crippen LogP contribution in [-0.2, 0) is 4.79 Å². The van der Waals surface area contributed by atoms with Gasteiger partial charge < -0.3 is 15.7 Å². The summed E-state index contributed by atoms with van der Waals surface area (Å²) in [5.41, 5.74) is 5.43. The van der Waals surface area contributed by atoms with Crippen LogP contribution in [0.1, 0.15) is 33.1 Å². The van der Waals surface area contributed by atoms with Crippen LogP contribution in [0.25, 0.3) is 0 Å². The molecule has 4 nitrogen and oxygen atoms in total. The molecule has 1 aliphatic rings. The summed E-state index contributed by atoms with van der Waals surface area (Å²) in [6, 6.07) is -0.00569. The maximum absolute atomic E-state index is 11.0. The van der Waals surface area contributed by atoms with Crippen molar-refractivity contribution in [2.75, 3.05) is 20.1 Å². The highest BCUT2D eigenvalue weighted by atomic mass is 16.4. The normalized spacial score (nSPS) is 25.4. The summed E-state index contributed by atoms with van der Waals surface area (Å²) in [4.78, 5) is 13.3. The highest BCUT2D eigenvalue weighted by molar-refractivity contribution is 5.73. The lowest BCUT2D eigenvalue weighted by atomic mass is 9.79. The zero-order chi connectivity index (χ0) is 12.3. The van der Waals surface area contributed by atoms with E-state index in [9.17, 15) is 4.79 Å². The Hall–Kier alpha value is -0.610. The van der Waals surface area contributed by atoms with Crippen molar-refractivity contribution in [2.24, 2.45) is 17.1 Å². The maximum atomic E-state index is 11.0. The lowest BCUT2D eigenvalue weighted by molar-refractivity contribution is -0.147. The van der Waals surface area contributed by atoms with Crippen LogP contribution in [-0.4, -0.2) is 42.2 Å². The Balaban J connectivity index is 2.51. The van der Waals surface area contributed by atoms with Crippen LogP contribution in [0.4, 0.5) is 0 Å². The number of hydrogen-bond acceptors (Lipinski definition) is 3. The molecule has 3 N–H and O–H groups in total. The molecule has 1 saturated heterocycles. The number of carboxylic acids is 1. The van der Waals surface area contributed by atoms with Gasteiger partial charge in [0, 0.05) is 12.6 Å². The van der Waals surface area contributed by atoms with E-state index in [4.69, 9.17) is 10.8 Å². The molecule has 2 unspecified atom stereocenters. The molecule has 4 heteroatoms. The molecular weight excluding hydrogens is 204 g/mol. The van der Waals surface area contributed by atoms with Crippen molar-refractivity contribution in [3.05, 3.63) is 0 Å². The van der Waals surface area contributed by atoms with Crippen molar-refractivity contribution in [3.63, 3.8) is 0 Å². The van der Waals surface area contributed by atoms with Crippen LogP contribution in [0, 0.1) is 11.3 Å². The van der Waals surface area contributed by atoms with Crippen molar-refractivity contribution >= 4 is 5.97 Å². The lowest BCUT2D eigenvalue weighted by Gasteiger charge is -2.35. The molecule has 1 heterocycles. The van der Waals surface area contributed by atoms with E-state index < -0.39 is 11.4 Å². The van der Waals surface area contributed by atoms with E-state index in [2.05, 4.69) is 11.9 Å². The van der Waals surface area contributed by atoms with Crippen molar-refractivity contribution in [1.82, 2.24) is 4.90 Å². The first-order chi connectivity index (χ1) is 7.33. The van der Waals surface area contributed by atoms with Gasteiger partial charge in [0.25, 0.3) is 0 Å². The topological polar surface area (TPSA) is 66.6 Å². The number of aliphatic carboxylic acids is 1. The highest BCUT2D eigenvalue weighted by Crippen LogP contribution is 2.28. The van der Waals surface area contributed by atoms with Gasteiger partial charge in [0.05, 0.1) is 5.41 Å². The number of rotatable bonds is 4. The first-order valence-electron chi connectivity index (χ1n) is 6.00. The summed E-state index contributed by atoms with van der Waals surface area (Å²) in [7, 11) is 2.10. The van der Waals surface area contributed by atoms with Gasteiger partial charge >= 0.3 is 5.97 Å². The van der Waals surface area contributed by atoms with E-state index in [1.807, 2.05) is 0 Å². The number of nitrogens with two attached hydrogens (primary N) is 1. The van der Waals surface area contributed by atoms with Gasteiger partial charge in [-0.15, -0.1) is 0 Å². The van der Waals surface area contributed by atoms with E-state index in [1.54, 1.807) is 13.8 Å². The number of carbonyl (C=O) groups is 1. The van der Waals surface area contributed by atoms with Gasteiger partial charge in [0.1, 0.15) is 0 Å². The molecule has 1 aliphatic heterocycles. The molecule has 0 spiro atoms. The monoisotopic (exact) mass is 228 g/mol. The van der Waals surface area contributed by atoms with Crippen molar-refractivity contribution in [2.45, 2.75) is 39.2 Å². The second-order valence-electron chi connectivity index (χ2n) is 5.72. The second kappa shape index (κ2) is 5.15. The zero-order valence-corrected chi connectivity index (χ0v) is 10.6. The first-order valence-corrected chi connectivity index (χ1v) is 6.00. The van der Waals surface area contributed by atoms with Gasteiger partial charge in [-0.1, -0.05) is 0 Å². The minimum Gasteiger partial charge on any atom is -0.481 e.